The molecule has 0 fully saturated rings. The van der Waals surface area contributed by atoms with E-state index in [2.05, 4.69) is 4.98 Å². The van der Waals surface area contributed by atoms with Crippen molar-refractivity contribution in [2.75, 3.05) is 26.9 Å². The summed E-state index contributed by atoms with van der Waals surface area (Å²) in [5, 5.41) is 9.47. The second kappa shape index (κ2) is 7.75. The van der Waals surface area contributed by atoms with E-state index in [1.54, 1.807) is 6.07 Å². The number of aryl methyl sites for hydroxylation is 2. The van der Waals surface area contributed by atoms with Gasteiger partial charge in [-0.15, -0.1) is 0 Å². The zero-order valence-electron chi connectivity index (χ0n) is 16.8. The number of nitrogens with zero attached hydrogens (tertiary/aromatic N) is 1. The van der Waals surface area contributed by atoms with Gasteiger partial charge in [-0.05, 0) is 55.5 Å². The summed E-state index contributed by atoms with van der Waals surface area (Å²) in [7, 11) is 1.51. The van der Waals surface area contributed by atoms with E-state index in [-0.39, 0.29) is 12.2 Å². The quantitative estimate of drug-likeness (QED) is 0.689. The molecule has 0 unspecified atom stereocenters. The van der Waals surface area contributed by atoms with Crippen LogP contribution in [0.1, 0.15) is 23.1 Å². The van der Waals surface area contributed by atoms with Gasteiger partial charge in [-0.2, -0.15) is 0 Å². The van der Waals surface area contributed by atoms with E-state index < -0.39 is 0 Å². The number of rotatable bonds is 5. The third-order valence-electron chi connectivity index (χ3n) is 5.23. The van der Waals surface area contributed by atoms with Crippen LogP contribution in [0.25, 0.3) is 22.3 Å². The zero-order valence-corrected chi connectivity index (χ0v) is 16.8. The van der Waals surface area contributed by atoms with Crippen molar-refractivity contribution in [3.63, 3.8) is 0 Å². The van der Waals surface area contributed by atoms with Crippen molar-refractivity contribution in [2.45, 2.75) is 26.7 Å². The van der Waals surface area contributed by atoms with Crippen LogP contribution in [0.5, 0.6) is 17.2 Å². The molecule has 0 saturated heterocycles. The lowest BCUT2D eigenvalue weighted by Gasteiger charge is -2.21. The fourth-order valence-corrected chi connectivity index (χ4v) is 3.86. The Morgan fingerprint density at radius 1 is 1.17 bits per heavy atom. The van der Waals surface area contributed by atoms with Crippen LogP contribution >= 0.6 is 0 Å². The Hall–Kier alpha value is -3.06. The summed E-state index contributed by atoms with van der Waals surface area (Å²) in [6, 6.07) is 5.68. The average Bonchev–Trinajstić information content (AvgIpc) is 2.72. The van der Waals surface area contributed by atoms with Crippen LogP contribution in [0, 0.1) is 13.8 Å². The lowest BCUT2D eigenvalue weighted by Crippen LogP contribution is -2.18. The molecule has 0 atom stereocenters. The molecule has 3 aromatic rings. The van der Waals surface area contributed by atoms with E-state index in [9.17, 15) is 4.79 Å². The fourth-order valence-electron chi connectivity index (χ4n) is 3.86. The summed E-state index contributed by atoms with van der Waals surface area (Å²) in [5.74, 6) is 1.85. The maximum atomic E-state index is 12.9. The number of fused-ring (bicyclic) bond motifs is 3. The molecule has 2 heterocycles. The number of aromatic amines is 1. The summed E-state index contributed by atoms with van der Waals surface area (Å²) in [6.45, 7) is 5.06. The summed E-state index contributed by atoms with van der Waals surface area (Å²) in [5.41, 5.74) is 4.37. The minimum atomic E-state index is -0.293. The molecule has 1 aliphatic heterocycles. The predicted molar refractivity (Wildman–Crippen MR) is 110 cm³/mol. The van der Waals surface area contributed by atoms with Crippen molar-refractivity contribution in [1.82, 2.24) is 9.97 Å². The van der Waals surface area contributed by atoms with Gasteiger partial charge in [0.25, 0.3) is 5.56 Å². The normalized spacial score (nSPS) is 13.0. The standard InChI is InChI=1S/C22H24N2O5/c1-12-9-14(10-13(2)15(12)5-4-6-25)21-23-19-18(22(26)24-21)16(27-3)11-17-20(19)29-8-7-28-17/h9-11,25H,4-8H2,1-3H3,(H,23,24,26). The van der Waals surface area contributed by atoms with E-state index in [1.807, 2.05) is 26.0 Å². The number of methoxy groups -OCH3 is 1. The molecular weight excluding hydrogens is 372 g/mol. The highest BCUT2D eigenvalue weighted by Gasteiger charge is 2.23. The van der Waals surface area contributed by atoms with Crippen molar-refractivity contribution in [2.24, 2.45) is 0 Å². The molecule has 0 aliphatic carbocycles. The van der Waals surface area contributed by atoms with Crippen LogP contribution in [0.2, 0.25) is 0 Å². The van der Waals surface area contributed by atoms with E-state index >= 15 is 0 Å². The first-order chi connectivity index (χ1) is 14.0. The second-order valence-electron chi connectivity index (χ2n) is 7.16. The highest BCUT2D eigenvalue weighted by Crippen LogP contribution is 2.41. The summed E-state index contributed by atoms with van der Waals surface area (Å²) in [6.07, 6.45) is 1.53. The number of aliphatic hydroxyl groups excluding tert-OH is 1. The Balaban J connectivity index is 1.91. The van der Waals surface area contributed by atoms with Gasteiger partial charge in [-0.3, -0.25) is 4.79 Å². The first-order valence-corrected chi connectivity index (χ1v) is 9.65. The number of aliphatic hydroxyl groups is 1. The van der Waals surface area contributed by atoms with E-state index in [0.29, 0.717) is 47.2 Å². The predicted octanol–water partition coefficient (Wildman–Crippen LogP) is 2.91. The van der Waals surface area contributed by atoms with Crippen molar-refractivity contribution >= 4 is 10.9 Å². The molecule has 4 rings (SSSR count). The summed E-state index contributed by atoms with van der Waals surface area (Å²) >= 11 is 0. The number of aromatic nitrogens is 2. The molecular formula is C22H24N2O5. The number of nitrogens with one attached hydrogen (secondary N) is 1. The Bertz CT molecular complexity index is 1110. The molecule has 0 spiro atoms. The fraction of sp³-hybridized carbons (Fsp3) is 0.364. The first kappa shape index (κ1) is 19.3. The minimum absolute atomic E-state index is 0.162. The van der Waals surface area contributed by atoms with Crippen molar-refractivity contribution in [3.8, 4) is 28.6 Å². The number of hydrogen-bond donors (Lipinski definition) is 2. The third kappa shape index (κ3) is 3.42. The highest BCUT2D eigenvalue weighted by atomic mass is 16.6. The highest BCUT2D eigenvalue weighted by molar-refractivity contribution is 5.93. The number of H-pyrrole nitrogens is 1. The summed E-state index contributed by atoms with van der Waals surface area (Å²) < 4.78 is 16.8. The second-order valence-corrected chi connectivity index (χ2v) is 7.16. The molecule has 7 heteroatoms. The Labute approximate surface area is 168 Å². The monoisotopic (exact) mass is 396 g/mol. The van der Waals surface area contributed by atoms with E-state index in [0.717, 1.165) is 29.5 Å². The van der Waals surface area contributed by atoms with Crippen LogP contribution in [0.3, 0.4) is 0 Å². The van der Waals surface area contributed by atoms with Gasteiger partial charge in [-0.25, -0.2) is 4.98 Å². The zero-order chi connectivity index (χ0) is 20.5. The van der Waals surface area contributed by atoms with Crippen LogP contribution in [0.15, 0.2) is 23.0 Å². The van der Waals surface area contributed by atoms with Gasteiger partial charge in [0, 0.05) is 18.2 Å². The van der Waals surface area contributed by atoms with Gasteiger partial charge >= 0.3 is 0 Å². The Morgan fingerprint density at radius 3 is 2.59 bits per heavy atom. The van der Waals surface area contributed by atoms with Gasteiger partial charge in [0.15, 0.2) is 11.5 Å². The van der Waals surface area contributed by atoms with Crippen molar-refractivity contribution in [1.29, 1.82) is 0 Å². The molecule has 2 N–H and O–H groups in total. The van der Waals surface area contributed by atoms with Crippen LogP contribution in [-0.2, 0) is 6.42 Å². The third-order valence-corrected chi connectivity index (χ3v) is 5.23. The van der Waals surface area contributed by atoms with Gasteiger partial charge in [0.05, 0.1) is 7.11 Å². The van der Waals surface area contributed by atoms with Crippen LogP contribution in [0.4, 0.5) is 0 Å². The first-order valence-electron chi connectivity index (χ1n) is 9.65. The molecule has 29 heavy (non-hydrogen) atoms. The largest absolute Gasteiger partial charge is 0.496 e. The smallest absolute Gasteiger partial charge is 0.262 e. The van der Waals surface area contributed by atoms with Gasteiger partial charge in [0.1, 0.15) is 35.7 Å². The molecule has 2 aromatic carbocycles. The molecule has 0 radical (unpaired) electrons. The maximum Gasteiger partial charge on any atom is 0.262 e. The van der Waals surface area contributed by atoms with Gasteiger partial charge < -0.3 is 24.3 Å². The molecule has 0 saturated carbocycles. The number of benzene rings is 2. The Morgan fingerprint density at radius 2 is 1.90 bits per heavy atom. The summed E-state index contributed by atoms with van der Waals surface area (Å²) in [4.78, 5) is 20.5. The molecule has 1 aromatic heterocycles. The molecule has 7 nitrogen and oxygen atoms in total. The SMILES string of the molecule is COc1cc2c(c3nc(-c4cc(C)c(CCCO)c(C)c4)[nH]c(=O)c13)OCCO2. The van der Waals surface area contributed by atoms with Crippen LogP contribution in [-0.4, -0.2) is 42.0 Å². The van der Waals surface area contributed by atoms with E-state index in [4.69, 9.17) is 24.3 Å². The molecule has 0 bridgehead atoms. The van der Waals surface area contributed by atoms with Crippen LogP contribution < -0.4 is 19.8 Å². The number of ether oxygens (including phenoxy) is 3. The van der Waals surface area contributed by atoms with Gasteiger partial charge in [-0.1, -0.05) is 0 Å². The minimum Gasteiger partial charge on any atom is -0.496 e. The lowest BCUT2D eigenvalue weighted by atomic mass is 9.95. The maximum absolute atomic E-state index is 12.9. The number of hydrogen-bond acceptors (Lipinski definition) is 6. The topological polar surface area (TPSA) is 93.7 Å². The van der Waals surface area contributed by atoms with Crippen molar-refractivity contribution in [3.05, 3.63) is 45.2 Å². The van der Waals surface area contributed by atoms with Gasteiger partial charge in [0.2, 0.25) is 0 Å². The average molecular weight is 396 g/mol. The Kier molecular flexibility index (Phi) is 5.15. The molecule has 0 amide bonds. The van der Waals surface area contributed by atoms with E-state index in [1.165, 1.54) is 12.7 Å². The molecule has 1 aliphatic rings. The molecule has 152 valence electrons. The van der Waals surface area contributed by atoms with Crippen molar-refractivity contribution < 1.29 is 19.3 Å². The lowest BCUT2D eigenvalue weighted by molar-refractivity contribution is 0.173.